The zero-order chi connectivity index (χ0) is 9.14. The molecule has 0 fully saturated rings. The van der Waals surface area contributed by atoms with Gasteiger partial charge in [-0.2, -0.15) is 0 Å². The minimum atomic E-state index is -0.0302. The van der Waals surface area contributed by atoms with Crippen LogP contribution in [0.25, 0.3) is 6.08 Å². The van der Waals surface area contributed by atoms with Gasteiger partial charge in [-0.15, -0.1) is 0 Å². The molecule has 0 bridgehead atoms. The van der Waals surface area contributed by atoms with E-state index in [2.05, 4.69) is 6.58 Å². The van der Waals surface area contributed by atoms with E-state index < -0.39 is 0 Å². The first-order valence-electron chi connectivity index (χ1n) is 3.82. The molecule has 1 aromatic carbocycles. The Kier molecular flexibility index (Phi) is 2.90. The summed E-state index contributed by atoms with van der Waals surface area (Å²) in [6.07, 6.45) is 1.78. The van der Waals surface area contributed by atoms with Crippen molar-refractivity contribution in [1.29, 1.82) is 0 Å². The highest BCUT2D eigenvalue weighted by Crippen LogP contribution is 2.22. The third-order valence-electron chi connectivity index (χ3n) is 1.75. The Morgan fingerprint density at radius 2 is 2.25 bits per heavy atom. The van der Waals surface area contributed by atoms with Crippen LogP contribution in [0.1, 0.15) is 24.1 Å². The van der Waals surface area contributed by atoms with Crippen molar-refractivity contribution in [2.24, 2.45) is 5.73 Å². The van der Waals surface area contributed by atoms with E-state index in [1.165, 1.54) is 0 Å². The van der Waals surface area contributed by atoms with Gasteiger partial charge >= 0.3 is 0 Å². The van der Waals surface area contributed by atoms with E-state index in [1.807, 2.05) is 25.1 Å². The smallest absolute Gasteiger partial charge is 0.0454 e. The van der Waals surface area contributed by atoms with Crippen LogP contribution in [0.3, 0.4) is 0 Å². The minimum Gasteiger partial charge on any atom is -0.324 e. The van der Waals surface area contributed by atoms with E-state index in [4.69, 9.17) is 17.3 Å². The quantitative estimate of drug-likeness (QED) is 0.746. The lowest BCUT2D eigenvalue weighted by molar-refractivity contribution is 0.818. The van der Waals surface area contributed by atoms with E-state index in [-0.39, 0.29) is 6.04 Å². The van der Waals surface area contributed by atoms with Crippen molar-refractivity contribution in [3.05, 3.63) is 40.9 Å². The van der Waals surface area contributed by atoms with Crippen LogP contribution in [0, 0.1) is 0 Å². The minimum absolute atomic E-state index is 0.0302. The van der Waals surface area contributed by atoms with Crippen LogP contribution >= 0.6 is 11.6 Å². The molecule has 0 radical (unpaired) electrons. The summed E-state index contributed by atoms with van der Waals surface area (Å²) in [4.78, 5) is 0. The molecule has 1 nitrogen and oxygen atoms in total. The van der Waals surface area contributed by atoms with E-state index in [0.717, 1.165) is 16.1 Å². The highest BCUT2D eigenvalue weighted by atomic mass is 35.5. The number of halogens is 1. The summed E-state index contributed by atoms with van der Waals surface area (Å²) in [6, 6.07) is 5.69. The van der Waals surface area contributed by atoms with Crippen LogP contribution in [-0.2, 0) is 0 Å². The Morgan fingerprint density at radius 3 is 2.75 bits per heavy atom. The lowest BCUT2D eigenvalue weighted by Gasteiger charge is -2.08. The lowest BCUT2D eigenvalue weighted by Crippen LogP contribution is -2.05. The zero-order valence-corrected chi connectivity index (χ0v) is 7.81. The number of hydrogen-bond donors (Lipinski definition) is 1. The van der Waals surface area contributed by atoms with Gasteiger partial charge in [0.05, 0.1) is 0 Å². The molecule has 0 saturated carbocycles. The zero-order valence-electron chi connectivity index (χ0n) is 7.05. The largest absolute Gasteiger partial charge is 0.324 e. The van der Waals surface area contributed by atoms with E-state index in [0.29, 0.717) is 0 Å². The van der Waals surface area contributed by atoms with Gasteiger partial charge in [0.2, 0.25) is 0 Å². The summed E-state index contributed by atoms with van der Waals surface area (Å²) in [7, 11) is 0. The van der Waals surface area contributed by atoms with Crippen molar-refractivity contribution in [3.8, 4) is 0 Å². The van der Waals surface area contributed by atoms with Crippen LogP contribution < -0.4 is 5.73 Å². The van der Waals surface area contributed by atoms with Gasteiger partial charge in [-0.05, 0) is 30.2 Å². The van der Waals surface area contributed by atoms with Crippen LogP contribution in [0.2, 0.25) is 5.02 Å². The highest BCUT2D eigenvalue weighted by Gasteiger charge is 2.04. The number of nitrogens with two attached hydrogens (primary N) is 1. The number of hydrogen-bond acceptors (Lipinski definition) is 1. The Balaban J connectivity index is 3.16. The first-order chi connectivity index (χ1) is 5.65. The van der Waals surface area contributed by atoms with E-state index in [9.17, 15) is 0 Å². The second-order valence-corrected chi connectivity index (χ2v) is 3.18. The van der Waals surface area contributed by atoms with Crippen molar-refractivity contribution < 1.29 is 0 Å². The maximum atomic E-state index is 5.93. The summed E-state index contributed by atoms with van der Waals surface area (Å²) >= 11 is 5.93. The van der Waals surface area contributed by atoms with Gasteiger partial charge in [-0.25, -0.2) is 0 Å². The van der Waals surface area contributed by atoms with Gasteiger partial charge in [-0.1, -0.05) is 30.3 Å². The molecule has 64 valence electrons. The number of benzene rings is 1. The molecule has 1 atom stereocenters. The van der Waals surface area contributed by atoms with Crippen molar-refractivity contribution in [2.75, 3.05) is 0 Å². The molecule has 0 aliphatic rings. The maximum Gasteiger partial charge on any atom is 0.0454 e. The maximum absolute atomic E-state index is 5.93. The monoisotopic (exact) mass is 181 g/mol. The molecule has 0 saturated heterocycles. The Labute approximate surface area is 77.8 Å². The van der Waals surface area contributed by atoms with Crippen LogP contribution in [-0.4, -0.2) is 0 Å². The fourth-order valence-corrected chi connectivity index (χ4v) is 1.33. The molecule has 1 rings (SSSR count). The van der Waals surface area contributed by atoms with Crippen molar-refractivity contribution in [3.63, 3.8) is 0 Å². The molecule has 1 aromatic rings. The molecule has 12 heavy (non-hydrogen) atoms. The van der Waals surface area contributed by atoms with Crippen LogP contribution in [0.5, 0.6) is 0 Å². The van der Waals surface area contributed by atoms with Gasteiger partial charge < -0.3 is 5.73 Å². The molecular weight excluding hydrogens is 170 g/mol. The van der Waals surface area contributed by atoms with E-state index in [1.54, 1.807) is 6.08 Å². The third-order valence-corrected chi connectivity index (χ3v) is 2.09. The van der Waals surface area contributed by atoms with Gasteiger partial charge in [0.1, 0.15) is 0 Å². The highest BCUT2D eigenvalue weighted by molar-refractivity contribution is 6.31. The first-order valence-corrected chi connectivity index (χ1v) is 4.20. The van der Waals surface area contributed by atoms with Gasteiger partial charge in [-0.3, -0.25) is 0 Å². The fourth-order valence-electron chi connectivity index (χ4n) is 1.04. The van der Waals surface area contributed by atoms with Gasteiger partial charge in [0.25, 0.3) is 0 Å². The number of rotatable bonds is 2. The van der Waals surface area contributed by atoms with Crippen molar-refractivity contribution in [1.82, 2.24) is 0 Å². The lowest BCUT2D eigenvalue weighted by atomic mass is 10.1. The normalized spacial score (nSPS) is 12.6. The molecule has 0 amide bonds. The van der Waals surface area contributed by atoms with Crippen LogP contribution in [0.15, 0.2) is 24.8 Å². The SMILES string of the molecule is C=Cc1ccc(Cl)c(C(C)N)c1. The molecule has 1 unspecified atom stereocenters. The predicted molar refractivity (Wildman–Crippen MR) is 54.1 cm³/mol. The summed E-state index contributed by atoms with van der Waals surface area (Å²) < 4.78 is 0. The van der Waals surface area contributed by atoms with Gasteiger partial charge in [0, 0.05) is 11.1 Å². The average molecular weight is 182 g/mol. The predicted octanol–water partition coefficient (Wildman–Crippen LogP) is 3.00. The summed E-state index contributed by atoms with van der Waals surface area (Å²) in [5.74, 6) is 0. The standard InChI is InChI=1S/C10H12ClN/c1-3-8-4-5-10(11)9(6-8)7(2)12/h3-7H,1,12H2,2H3. The molecule has 2 N–H and O–H groups in total. The first kappa shape index (κ1) is 9.30. The summed E-state index contributed by atoms with van der Waals surface area (Å²) in [6.45, 7) is 5.59. The third kappa shape index (κ3) is 1.87. The average Bonchev–Trinajstić information content (AvgIpc) is 2.05. The summed E-state index contributed by atoms with van der Waals surface area (Å²) in [5, 5.41) is 0.718. The Morgan fingerprint density at radius 1 is 1.58 bits per heavy atom. The Hall–Kier alpha value is -0.790. The van der Waals surface area contributed by atoms with Crippen molar-refractivity contribution >= 4 is 17.7 Å². The van der Waals surface area contributed by atoms with Crippen molar-refractivity contribution in [2.45, 2.75) is 13.0 Å². The second kappa shape index (κ2) is 3.74. The topological polar surface area (TPSA) is 26.0 Å². The van der Waals surface area contributed by atoms with E-state index >= 15 is 0 Å². The molecule has 0 aromatic heterocycles. The second-order valence-electron chi connectivity index (χ2n) is 2.77. The molecule has 0 spiro atoms. The van der Waals surface area contributed by atoms with Gasteiger partial charge in [0.15, 0.2) is 0 Å². The Bertz CT molecular complexity index is 292. The molecule has 0 heterocycles. The molecule has 0 aliphatic carbocycles. The van der Waals surface area contributed by atoms with Crippen LogP contribution in [0.4, 0.5) is 0 Å². The fraction of sp³-hybridized carbons (Fsp3) is 0.200. The molecule has 0 aliphatic heterocycles. The summed E-state index contributed by atoms with van der Waals surface area (Å²) in [5.41, 5.74) is 7.73. The molecular formula is C10H12ClN. The molecule has 2 heteroatoms.